The van der Waals surface area contributed by atoms with Crippen molar-refractivity contribution in [3.05, 3.63) is 17.5 Å². The summed E-state index contributed by atoms with van der Waals surface area (Å²) in [5.41, 5.74) is 0. The Balaban J connectivity index is 2.09. The van der Waals surface area contributed by atoms with Gasteiger partial charge in [-0.2, -0.15) is 0 Å². The molecule has 15 heavy (non-hydrogen) atoms. The molecule has 2 heterocycles. The molecule has 0 aliphatic carbocycles. The number of aromatic nitrogens is 2. The highest BCUT2D eigenvalue weighted by Crippen LogP contribution is 2.17. The van der Waals surface area contributed by atoms with Crippen molar-refractivity contribution < 1.29 is 9.84 Å². The summed E-state index contributed by atoms with van der Waals surface area (Å²) in [5, 5.41) is 9.42. The number of aliphatic hydroxyl groups is 1. The molecule has 0 spiro atoms. The van der Waals surface area contributed by atoms with E-state index in [1.165, 1.54) is 6.33 Å². The highest BCUT2D eigenvalue weighted by molar-refractivity contribution is 6.29. The number of aliphatic hydroxyl groups excluding tert-OH is 1. The monoisotopic (exact) mass is 229 g/mol. The molecule has 0 bridgehead atoms. The van der Waals surface area contributed by atoms with Gasteiger partial charge in [0, 0.05) is 19.2 Å². The first-order chi connectivity index (χ1) is 7.29. The van der Waals surface area contributed by atoms with Crippen molar-refractivity contribution >= 4 is 17.4 Å². The standard InChI is InChI=1S/C9H12ClN3O2/c10-8-3-9(12-6-11-8)13-1-2-15-7(4-13)5-14/h3,6-7,14H,1-2,4-5H2. The minimum Gasteiger partial charge on any atom is -0.394 e. The van der Waals surface area contributed by atoms with E-state index in [1.54, 1.807) is 6.07 Å². The van der Waals surface area contributed by atoms with Gasteiger partial charge in [0.25, 0.3) is 0 Å². The SMILES string of the molecule is OCC1CN(c2cc(Cl)ncn2)CCO1. The second-order valence-corrected chi connectivity index (χ2v) is 3.71. The summed E-state index contributed by atoms with van der Waals surface area (Å²) < 4.78 is 5.34. The third-order valence-corrected chi connectivity index (χ3v) is 2.49. The minimum absolute atomic E-state index is 0.0231. The first kappa shape index (κ1) is 10.6. The van der Waals surface area contributed by atoms with Gasteiger partial charge in [-0.3, -0.25) is 0 Å². The third kappa shape index (κ3) is 2.56. The van der Waals surface area contributed by atoms with Crippen LogP contribution in [-0.4, -0.2) is 47.5 Å². The highest BCUT2D eigenvalue weighted by atomic mass is 35.5. The summed E-state index contributed by atoms with van der Waals surface area (Å²) in [4.78, 5) is 9.97. The van der Waals surface area contributed by atoms with Gasteiger partial charge in [-0.1, -0.05) is 11.6 Å². The number of nitrogens with zero attached hydrogens (tertiary/aromatic N) is 3. The van der Waals surface area contributed by atoms with Crippen LogP contribution < -0.4 is 4.90 Å². The van der Waals surface area contributed by atoms with Crippen molar-refractivity contribution in [2.45, 2.75) is 6.10 Å². The second-order valence-electron chi connectivity index (χ2n) is 3.32. The van der Waals surface area contributed by atoms with Gasteiger partial charge in [0.05, 0.1) is 19.3 Å². The maximum atomic E-state index is 9.00. The van der Waals surface area contributed by atoms with Crippen molar-refractivity contribution in [2.75, 3.05) is 31.2 Å². The molecule has 5 nitrogen and oxygen atoms in total. The van der Waals surface area contributed by atoms with Gasteiger partial charge >= 0.3 is 0 Å². The van der Waals surface area contributed by atoms with Crippen LogP contribution in [0.1, 0.15) is 0 Å². The van der Waals surface area contributed by atoms with E-state index in [-0.39, 0.29) is 12.7 Å². The Hall–Kier alpha value is -0.910. The summed E-state index contributed by atoms with van der Waals surface area (Å²) in [7, 11) is 0. The van der Waals surface area contributed by atoms with Crippen molar-refractivity contribution in [1.82, 2.24) is 9.97 Å². The van der Waals surface area contributed by atoms with E-state index in [4.69, 9.17) is 21.4 Å². The number of rotatable bonds is 2. The number of halogens is 1. The third-order valence-electron chi connectivity index (χ3n) is 2.29. The Morgan fingerprint density at radius 3 is 3.20 bits per heavy atom. The first-order valence-corrected chi connectivity index (χ1v) is 5.12. The zero-order valence-corrected chi connectivity index (χ0v) is 8.89. The molecular weight excluding hydrogens is 218 g/mol. The molecule has 0 amide bonds. The lowest BCUT2D eigenvalue weighted by atomic mass is 10.3. The lowest BCUT2D eigenvalue weighted by Gasteiger charge is -2.32. The van der Waals surface area contributed by atoms with Crippen LogP contribution in [0.25, 0.3) is 0 Å². The molecule has 2 rings (SSSR count). The molecule has 1 saturated heterocycles. The molecule has 0 aromatic carbocycles. The van der Waals surface area contributed by atoms with Gasteiger partial charge in [0.1, 0.15) is 17.3 Å². The van der Waals surface area contributed by atoms with E-state index in [1.807, 2.05) is 4.90 Å². The first-order valence-electron chi connectivity index (χ1n) is 4.74. The maximum Gasteiger partial charge on any atom is 0.134 e. The van der Waals surface area contributed by atoms with Gasteiger partial charge in [-0.15, -0.1) is 0 Å². The van der Waals surface area contributed by atoms with Crippen LogP contribution in [0.15, 0.2) is 12.4 Å². The Morgan fingerprint density at radius 1 is 1.60 bits per heavy atom. The van der Waals surface area contributed by atoms with Crippen LogP contribution in [0.3, 0.4) is 0 Å². The Kier molecular flexibility index (Phi) is 3.35. The van der Waals surface area contributed by atoms with E-state index >= 15 is 0 Å². The fourth-order valence-electron chi connectivity index (χ4n) is 1.54. The predicted molar refractivity (Wildman–Crippen MR) is 56.1 cm³/mol. The molecular formula is C9H12ClN3O2. The molecule has 82 valence electrons. The Morgan fingerprint density at radius 2 is 2.47 bits per heavy atom. The van der Waals surface area contributed by atoms with Crippen molar-refractivity contribution in [3.8, 4) is 0 Å². The molecule has 1 aromatic heterocycles. The molecule has 0 radical (unpaired) electrons. The smallest absolute Gasteiger partial charge is 0.134 e. The van der Waals surface area contributed by atoms with E-state index in [2.05, 4.69) is 9.97 Å². The van der Waals surface area contributed by atoms with Gasteiger partial charge in [-0.25, -0.2) is 9.97 Å². The largest absolute Gasteiger partial charge is 0.394 e. The number of ether oxygens (including phenoxy) is 1. The van der Waals surface area contributed by atoms with Gasteiger partial charge < -0.3 is 14.7 Å². The van der Waals surface area contributed by atoms with Gasteiger partial charge in [-0.05, 0) is 0 Å². The van der Waals surface area contributed by atoms with Gasteiger partial charge in [0.15, 0.2) is 0 Å². The summed E-state index contributed by atoms with van der Waals surface area (Å²) in [6.45, 7) is 2.00. The van der Waals surface area contributed by atoms with Crippen LogP contribution >= 0.6 is 11.6 Å². The summed E-state index contributed by atoms with van der Waals surface area (Å²) in [5.74, 6) is 0.775. The molecule has 6 heteroatoms. The fourth-order valence-corrected chi connectivity index (χ4v) is 1.68. The molecule has 1 aromatic rings. The zero-order valence-electron chi connectivity index (χ0n) is 8.14. The molecule has 1 atom stereocenters. The average molecular weight is 230 g/mol. The maximum absolute atomic E-state index is 9.00. The van der Waals surface area contributed by atoms with Crippen LogP contribution in [0.2, 0.25) is 5.15 Å². The topological polar surface area (TPSA) is 58.5 Å². The minimum atomic E-state index is -0.146. The van der Waals surface area contributed by atoms with Crippen molar-refractivity contribution in [1.29, 1.82) is 0 Å². The van der Waals surface area contributed by atoms with Crippen LogP contribution in [0, 0.1) is 0 Å². The molecule has 1 aliphatic heterocycles. The number of hydrogen-bond donors (Lipinski definition) is 1. The molecule has 1 N–H and O–H groups in total. The Bertz CT molecular complexity index is 337. The van der Waals surface area contributed by atoms with Crippen molar-refractivity contribution in [2.24, 2.45) is 0 Å². The summed E-state index contributed by atoms with van der Waals surface area (Å²) in [6, 6.07) is 1.71. The average Bonchev–Trinajstić information content (AvgIpc) is 2.29. The molecule has 1 aliphatic rings. The summed E-state index contributed by atoms with van der Waals surface area (Å²) in [6.07, 6.45) is 1.29. The van der Waals surface area contributed by atoms with Crippen LogP contribution in [-0.2, 0) is 4.74 Å². The summed E-state index contributed by atoms with van der Waals surface area (Å²) >= 11 is 5.78. The number of hydrogen-bond acceptors (Lipinski definition) is 5. The molecule has 1 unspecified atom stereocenters. The van der Waals surface area contributed by atoms with Crippen LogP contribution in [0.4, 0.5) is 5.82 Å². The molecule has 0 saturated carbocycles. The lowest BCUT2D eigenvalue weighted by Crippen LogP contribution is -2.44. The van der Waals surface area contributed by atoms with Crippen LogP contribution in [0.5, 0.6) is 0 Å². The number of morpholine rings is 1. The second kappa shape index (κ2) is 4.74. The molecule has 1 fully saturated rings. The van der Waals surface area contributed by atoms with Gasteiger partial charge in [0.2, 0.25) is 0 Å². The quantitative estimate of drug-likeness (QED) is 0.741. The fraction of sp³-hybridized carbons (Fsp3) is 0.556. The Labute approximate surface area is 92.7 Å². The van der Waals surface area contributed by atoms with E-state index in [9.17, 15) is 0 Å². The number of anilines is 1. The van der Waals surface area contributed by atoms with E-state index in [0.717, 1.165) is 12.4 Å². The van der Waals surface area contributed by atoms with E-state index < -0.39 is 0 Å². The van der Waals surface area contributed by atoms with Crippen molar-refractivity contribution in [3.63, 3.8) is 0 Å². The zero-order chi connectivity index (χ0) is 10.7. The lowest BCUT2D eigenvalue weighted by molar-refractivity contribution is 0.00335. The predicted octanol–water partition coefficient (Wildman–Crippen LogP) is 0.327. The van der Waals surface area contributed by atoms with E-state index in [0.29, 0.717) is 18.3 Å². The highest BCUT2D eigenvalue weighted by Gasteiger charge is 2.20. The normalized spacial score (nSPS) is 21.7.